The van der Waals surface area contributed by atoms with Crippen LogP contribution in [0.1, 0.15) is 72.3 Å². The maximum Gasteiger partial charge on any atom is 0.232 e. The molecule has 0 atom stereocenters. The fraction of sp³-hybridized carbons (Fsp3) is 0.722. The lowest BCUT2D eigenvalue weighted by Crippen LogP contribution is -2.43. The zero-order chi connectivity index (χ0) is 16.5. The summed E-state index contributed by atoms with van der Waals surface area (Å²) in [7, 11) is 0. The van der Waals surface area contributed by atoms with E-state index in [0.717, 1.165) is 44.1 Å². The van der Waals surface area contributed by atoms with Crippen LogP contribution in [0.3, 0.4) is 0 Å². The molecule has 0 bridgehead atoms. The van der Waals surface area contributed by atoms with Crippen LogP contribution < -0.4 is 4.90 Å². The van der Waals surface area contributed by atoms with E-state index in [4.69, 9.17) is 0 Å². The standard InChI is InChI=1S/C18H31N3O/c1-6-9-15-12-19-18(20-13-15)21(17(22)14(4)5)16(10-7-2)11-8-3/h12-14,16H,6-11H2,1-5H3. The molecule has 0 aliphatic carbocycles. The van der Waals surface area contributed by atoms with E-state index in [2.05, 4.69) is 30.7 Å². The van der Waals surface area contributed by atoms with Gasteiger partial charge in [-0.05, 0) is 24.8 Å². The molecule has 0 spiro atoms. The highest BCUT2D eigenvalue weighted by Crippen LogP contribution is 2.21. The molecule has 0 radical (unpaired) electrons. The largest absolute Gasteiger partial charge is 0.277 e. The first-order valence-electron chi connectivity index (χ1n) is 8.69. The number of anilines is 1. The zero-order valence-electron chi connectivity index (χ0n) is 14.8. The molecule has 0 unspecified atom stereocenters. The Hall–Kier alpha value is -1.45. The monoisotopic (exact) mass is 305 g/mol. The van der Waals surface area contributed by atoms with E-state index in [1.165, 1.54) is 0 Å². The quantitative estimate of drug-likeness (QED) is 0.680. The summed E-state index contributed by atoms with van der Waals surface area (Å²) >= 11 is 0. The molecular formula is C18H31N3O. The van der Waals surface area contributed by atoms with E-state index in [9.17, 15) is 4.79 Å². The summed E-state index contributed by atoms with van der Waals surface area (Å²) in [5, 5.41) is 0. The Balaban J connectivity index is 3.09. The number of carbonyl (C=O) groups is 1. The molecular weight excluding hydrogens is 274 g/mol. The maximum atomic E-state index is 12.7. The molecule has 4 heteroatoms. The van der Waals surface area contributed by atoms with Gasteiger partial charge in [-0.2, -0.15) is 0 Å². The fourth-order valence-electron chi connectivity index (χ4n) is 2.68. The minimum absolute atomic E-state index is 0.0462. The summed E-state index contributed by atoms with van der Waals surface area (Å²) in [6.07, 6.45) is 9.87. The molecule has 0 aliphatic heterocycles. The molecule has 0 aliphatic rings. The number of nitrogens with zero attached hydrogens (tertiary/aromatic N) is 3. The number of hydrogen-bond acceptors (Lipinski definition) is 3. The number of hydrogen-bond donors (Lipinski definition) is 0. The average Bonchev–Trinajstić information content (AvgIpc) is 2.49. The molecule has 0 saturated carbocycles. The van der Waals surface area contributed by atoms with Crippen LogP contribution in [0, 0.1) is 5.92 Å². The molecule has 124 valence electrons. The second-order valence-corrected chi connectivity index (χ2v) is 6.24. The topological polar surface area (TPSA) is 46.1 Å². The van der Waals surface area contributed by atoms with Gasteiger partial charge in [0.05, 0.1) is 0 Å². The van der Waals surface area contributed by atoms with E-state index in [-0.39, 0.29) is 17.9 Å². The fourth-order valence-corrected chi connectivity index (χ4v) is 2.68. The highest BCUT2D eigenvalue weighted by atomic mass is 16.2. The molecule has 1 heterocycles. The van der Waals surface area contributed by atoms with Crippen molar-refractivity contribution in [1.29, 1.82) is 0 Å². The first kappa shape index (κ1) is 18.6. The van der Waals surface area contributed by atoms with Crippen LogP contribution in [0.4, 0.5) is 5.95 Å². The van der Waals surface area contributed by atoms with Crippen molar-refractivity contribution >= 4 is 11.9 Å². The van der Waals surface area contributed by atoms with Crippen molar-refractivity contribution in [1.82, 2.24) is 9.97 Å². The minimum Gasteiger partial charge on any atom is -0.277 e. The Morgan fingerprint density at radius 3 is 2.00 bits per heavy atom. The Morgan fingerprint density at radius 1 is 1.05 bits per heavy atom. The normalized spacial score (nSPS) is 11.2. The molecule has 1 aromatic rings. The van der Waals surface area contributed by atoms with E-state index in [0.29, 0.717) is 5.95 Å². The van der Waals surface area contributed by atoms with Crippen LogP contribution in [0.25, 0.3) is 0 Å². The van der Waals surface area contributed by atoms with Gasteiger partial charge in [0.2, 0.25) is 11.9 Å². The summed E-state index contributed by atoms with van der Waals surface area (Å²) < 4.78 is 0. The van der Waals surface area contributed by atoms with Crippen molar-refractivity contribution < 1.29 is 4.79 Å². The maximum absolute atomic E-state index is 12.7. The van der Waals surface area contributed by atoms with Crippen LogP contribution in [0.5, 0.6) is 0 Å². The van der Waals surface area contributed by atoms with Crippen molar-refractivity contribution in [3.8, 4) is 0 Å². The summed E-state index contributed by atoms with van der Waals surface area (Å²) in [6.45, 7) is 10.3. The highest BCUT2D eigenvalue weighted by Gasteiger charge is 2.28. The third-order valence-electron chi connectivity index (χ3n) is 3.79. The molecule has 1 aromatic heterocycles. The summed E-state index contributed by atoms with van der Waals surface area (Å²) in [5.41, 5.74) is 1.13. The van der Waals surface area contributed by atoms with Gasteiger partial charge in [0, 0.05) is 24.4 Å². The van der Waals surface area contributed by atoms with Gasteiger partial charge in [0.1, 0.15) is 0 Å². The molecule has 0 aromatic carbocycles. The van der Waals surface area contributed by atoms with Crippen LogP contribution in [0.2, 0.25) is 0 Å². The van der Waals surface area contributed by atoms with Gasteiger partial charge >= 0.3 is 0 Å². The van der Waals surface area contributed by atoms with Gasteiger partial charge in [-0.25, -0.2) is 9.97 Å². The van der Waals surface area contributed by atoms with Gasteiger partial charge in [-0.1, -0.05) is 53.9 Å². The highest BCUT2D eigenvalue weighted by molar-refractivity contribution is 5.93. The Kier molecular flexibility index (Phi) is 8.07. The number of aryl methyl sites for hydroxylation is 1. The van der Waals surface area contributed by atoms with Gasteiger partial charge in [0.15, 0.2) is 0 Å². The van der Waals surface area contributed by atoms with Gasteiger partial charge in [-0.3, -0.25) is 9.69 Å². The summed E-state index contributed by atoms with van der Waals surface area (Å²) in [5.74, 6) is 0.635. The van der Waals surface area contributed by atoms with E-state index in [1.807, 2.05) is 31.1 Å². The third-order valence-corrected chi connectivity index (χ3v) is 3.79. The molecule has 4 nitrogen and oxygen atoms in total. The minimum atomic E-state index is -0.0462. The molecule has 1 rings (SSSR count). The average molecular weight is 305 g/mol. The van der Waals surface area contributed by atoms with Crippen LogP contribution in [-0.4, -0.2) is 21.9 Å². The number of carbonyl (C=O) groups excluding carboxylic acids is 1. The van der Waals surface area contributed by atoms with E-state index < -0.39 is 0 Å². The molecule has 22 heavy (non-hydrogen) atoms. The lowest BCUT2D eigenvalue weighted by molar-refractivity contribution is -0.122. The number of rotatable bonds is 9. The van der Waals surface area contributed by atoms with Gasteiger partial charge in [0.25, 0.3) is 0 Å². The second kappa shape index (κ2) is 9.54. The van der Waals surface area contributed by atoms with Gasteiger partial charge in [-0.15, -0.1) is 0 Å². The predicted octanol–water partition coefficient (Wildman–Crippen LogP) is 4.39. The first-order chi connectivity index (χ1) is 10.5. The van der Waals surface area contributed by atoms with Crippen LogP contribution in [0.15, 0.2) is 12.4 Å². The van der Waals surface area contributed by atoms with Crippen molar-refractivity contribution in [3.05, 3.63) is 18.0 Å². The predicted molar refractivity (Wildman–Crippen MR) is 92.0 cm³/mol. The molecule has 0 N–H and O–H groups in total. The Labute approximate surface area is 135 Å². The van der Waals surface area contributed by atoms with Crippen molar-refractivity contribution in [2.24, 2.45) is 5.92 Å². The second-order valence-electron chi connectivity index (χ2n) is 6.24. The van der Waals surface area contributed by atoms with Crippen molar-refractivity contribution in [3.63, 3.8) is 0 Å². The first-order valence-corrected chi connectivity index (χ1v) is 8.69. The van der Waals surface area contributed by atoms with Crippen LogP contribution in [-0.2, 0) is 11.2 Å². The van der Waals surface area contributed by atoms with Crippen LogP contribution >= 0.6 is 0 Å². The lowest BCUT2D eigenvalue weighted by Gasteiger charge is -2.31. The molecule has 0 saturated heterocycles. The Bertz CT molecular complexity index is 436. The Morgan fingerprint density at radius 2 is 1.59 bits per heavy atom. The third kappa shape index (κ3) is 5.08. The molecule has 0 fully saturated rings. The van der Waals surface area contributed by atoms with Gasteiger partial charge < -0.3 is 0 Å². The smallest absolute Gasteiger partial charge is 0.232 e. The number of aromatic nitrogens is 2. The SMILES string of the molecule is CCCc1cnc(N(C(=O)C(C)C)C(CCC)CCC)nc1. The zero-order valence-corrected chi connectivity index (χ0v) is 14.8. The van der Waals surface area contributed by atoms with Crippen molar-refractivity contribution in [2.75, 3.05) is 4.90 Å². The molecule has 1 amide bonds. The summed E-state index contributed by atoms with van der Waals surface area (Å²) in [6, 6.07) is 0.196. The summed E-state index contributed by atoms with van der Waals surface area (Å²) in [4.78, 5) is 23.5. The van der Waals surface area contributed by atoms with E-state index >= 15 is 0 Å². The lowest BCUT2D eigenvalue weighted by atomic mass is 10.0. The number of amides is 1. The van der Waals surface area contributed by atoms with Crippen molar-refractivity contribution in [2.45, 2.75) is 79.2 Å². The van der Waals surface area contributed by atoms with E-state index in [1.54, 1.807) is 0 Å².